The molecule has 0 aliphatic carbocycles. The Morgan fingerprint density at radius 1 is 1.69 bits per heavy atom. The topological polar surface area (TPSA) is 29.1 Å². The molecular weight excluding hydrogens is 225 g/mol. The maximum absolute atomic E-state index is 13.3. The van der Waals surface area contributed by atoms with Gasteiger partial charge in [-0.2, -0.15) is 0 Å². The number of hydrogen-bond donors (Lipinski definition) is 2. The summed E-state index contributed by atoms with van der Waals surface area (Å²) in [7, 11) is 0. The van der Waals surface area contributed by atoms with Crippen LogP contribution in [-0.4, -0.2) is 11.9 Å². The average Bonchev–Trinajstić information content (AvgIpc) is 2.21. The van der Waals surface area contributed by atoms with Crippen molar-refractivity contribution in [2.24, 2.45) is 0 Å². The van der Waals surface area contributed by atoms with E-state index in [2.05, 4.69) is 24.5 Å². The molecule has 0 saturated carbocycles. The number of benzene rings is 1. The van der Waals surface area contributed by atoms with Crippen LogP contribution in [0.25, 0.3) is 0 Å². The Labute approximate surface area is 100.0 Å². The molecule has 0 aromatic heterocycles. The van der Waals surface area contributed by atoms with E-state index in [1.54, 1.807) is 6.08 Å². The number of nitrogens with one attached hydrogen (secondary N) is 1. The molecule has 1 aromatic rings. The largest absolute Gasteiger partial charge is 0.349 e. The van der Waals surface area contributed by atoms with Crippen molar-refractivity contribution in [1.82, 2.24) is 5.32 Å². The minimum absolute atomic E-state index is 0.0170. The fourth-order valence-corrected chi connectivity index (χ4v) is 1.50. The van der Waals surface area contributed by atoms with Gasteiger partial charge in [-0.05, 0) is 31.5 Å². The van der Waals surface area contributed by atoms with E-state index in [0.29, 0.717) is 11.3 Å². The maximum atomic E-state index is 13.3. The van der Waals surface area contributed by atoms with Gasteiger partial charge in [-0.1, -0.05) is 6.08 Å². The highest BCUT2D eigenvalue weighted by molar-refractivity contribution is 7.80. The summed E-state index contributed by atoms with van der Waals surface area (Å²) < 4.78 is 13.3. The van der Waals surface area contributed by atoms with Crippen molar-refractivity contribution < 1.29 is 9.18 Å². The highest BCUT2D eigenvalue weighted by Gasteiger charge is 2.13. The molecule has 1 N–H and O–H groups in total. The van der Waals surface area contributed by atoms with Gasteiger partial charge >= 0.3 is 0 Å². The van der Waals surface area contributed by atoms with Crippen LogP contribution >= 0.6 is 12.6 Å². The number of thiol groups is 1. The predicted molar refractivity (Wildman–Crippen MR) is 65.4 cm³/mol. The van der Waals surface area contributed by atoms with E-state index in [9.17, 15) is 9.18 Å². The first-order valence-electron chi connectivity index (χ1n) is 4.95. The lowest BCUT2D eigenvalue weighted by Gasteiger charge is -2.12. The van der Waals surface area contributed by atoms with Gasteiger partial charge in [0.25, 0.3) is 5.91 Å². The first kappa shape index (κ1) is 12.8. The van der Waals surface area contributed by atoms with E-state index in [-0.39, 0.29) is 11.6 Å². The van der Waals surface area contributed by atoms with Gasteiger partial charge in [0, 0.05) is 10.9 Å². The fourth-order valence-electron chi connectivity index (χ4n) is 1.30. The number of halogens is 1. The molecule has 1 rings (SSSR count). The van der Waals surface area contributed by atoms with E-state index in [1.165, 1.54) is 18.2 Å². The molecule has 1 aromatic carbocycles. The standard InChI is InChI=1S/C12H14FNOS/c1-3-4-8(2)14-12(15)10-7-9(16)5-6-11(10)13/h3,5-8,16H,1,4H2,2H3,(H,14,15). The van der Waals surface area contributed by atoms with Gasteiger partial charge in [0.05, 0.1) is 5.56 Å². The van der Waals surface area contributed by atoms with Crippen LogP contribution in [0.4, 0.5) is 4.39 Å². The summed E-state index contributed by atoms with van der Waals surface area (Å²) in [6, 6.07) is 4.08. The van der Waals surface area contributed by atoms with Crippen LogP contribution in [0.5, 0.6) is 0 Å². The minimum Gasteiger partial charge on any atom is -0.349 e. The lowest BCUT2D eigenvalue weighted by molar-refractivity contribution is 0.0936. The van der Waals surface area contributed by atoms with Crippen molar-refractivity contribution in [3.8, 4) is 0 Å². The fraction of sp³-hybridized carbons (Fsp3) is 0.250. The summed E-state index contributed by atoms with van der Waals surface area (Å²) in [6.45, 7) is 5.41. The first-order valence-corrected chi connectivity index (χ1v) is 5.39. The van der Waals surface area contributed by atoms with E-state index in [0.717, 1.165) is 0 Å². The zero-order valence-corrected chi connectivity index (χ0v) is 9.93. The summed E-state index contributed by atoms with van der Waals surface area (Å²) in [6.07, 6.45) is 2.35. The van der Waals surface area contributed by atoms with Crippen molar-refractivity contribution in [3.63, 3.8) is 0 Å². The summed E-state index contributed by atoms with van der Waals surface area (Å²) in [4.78, 5) is 12.2. The zero-order valence-electron chi connectivity index (χ0n) is 9.03. The molecule has 0 bridgehead atoms. The Morgan fingerprint density at radius 2 is 2.38 bits per heavy atom. The van der Waals surface area contributed by atoms with E-state index in [4.69, 9.17) is 0 Å². The lowest BCUT2D eigenvalue weighted by atomic mass is 10.1. The molecule has 0 spiro atoms. The van der Waals surface area contributed by atoms with Crippen LogP contribution in [0.15, 0.2) is 35.7 Å². The van der Waals surface area contributed by atoms with Crippen molar-refractivity contribution in [2.45, 2.75) is 24.3 Å². The maximum Gasteiger partial charge on any atom is 0.254 e. The Bertz CT molecular complexity index is 406. The Balaban J connectivity index is 2.80. The van der Waals surface area contributed by atoms with Crippen LogP contribution in [0.3, 0.4) is 0 Å². The second-order valence-corrected chi connectivity index (χ2v) is 4.08. The number of hydrogen-bond acceptors (Lipinski definition) is 2. The van der Waals surface area contributed by atoms with E-state index >= 15 is 0 Å². The van der Waals surface area contributed by atoms with Crippen LogP contribution in [0.1, 0.15) is 23.7 Å². The third kappa shape index (κ3) is 3.38. The molecular formula is C12H14FNOS. The Hall–Kier alpha value is -1.29. The predicted octanol–water partition coefficient (Wildman–Crippen LogP) is 2.81. The third-order valence-corrected chi connectivity index (χ3v) is 2.37. The normalized spacial score (nSPS) is 11.9. The third-order valence-electron chi connectivity index (χ3n) is 2.09. The monoisotopic (exact) mass is 239 g/mol. The molecule has 0 saturated heterocycles. The highest BCUT2D eigenvalue weighted by Crippen LogP contribution is 2.13. The minimum atomic E-state index is -0.541. The molecule has 0 fully saturated rings. The number of rotatable bonds is 4. The number of carbonyl (C=O) groups excluding carboxylic acids is 1. The molecule has 1 amide bonds. The molecule has 4 heteroatoms. The van der Waals surface area contributed by atoms with Gasteiger partial charge in [0.15, 0.2) is 0 Å². The first-order chi connectivity index (χ1) is 7.54. The van der Waals surface area contributed by atoms with Crippen LogP contribution in [-0.2, 0) is 0 Å². The molecule has 0 aliphatic heterocycles. The molecule has 0 radical (unpaired) electrons. The van der Waals surface area contributed by atoms with Gasteiger partial charge in [0.2, 0.25) is 0 Å². The lowest BCUT2D eigenvalue weighted by Crippen LogP contribution is -2.32. The molecule has 2 nitrogen and oxygen atoms in total. The summed E-state index contributed by atoms with van der Waals surface area (Å²) >= 11 is 4.07. The molecule has 0 heterocycles. The second kappa shape index (κ2) is 5.70. The number of amides is 1. The molecule has 16 heavy (non-hydrogen) atoms. The smallest absolute Gasteiger partial charge is 0.254 e. The Kier molecular flexibility index (Phi) is 4.55. The van der Waals surface area contributed by atoms with Gasteiger partial charge < -0.3 is 5.32 Å². The molecule has 1 atom stereocenters. The summed E-state index contributed by atoms with van der Waals surface area (Å²) in [5.41, 5.74) is 0.0170. The van der Waals surface area contributed by atoms with Crippen LogP contribution in [0, 0.1) is 5.82 Å². The van der Waals surface area contributed by atoms with Gasteiger partial charge in [0.1, 0.15) is 5.82 Å². The molecule has 0 aliphatic rings. The van der Waals surface area contributed by atoms with Crippen molar-refractivity contribution in [3.05, 3.63) is 42.2 Å². The Morgan fingerprint density at radius 3 is 3.00 bits per heavy atom. The number of carbonyl (C=O) groups is 1. The van der Waals surface area contributed by atoms with Crippen molar-refractivity contribution in [2.75, 3.05) is 0 Å². The van der Waals surface area contributed by atoms with Gasteiger partial charge in [-0.15, -0.1) is 19.2 Å². The summed E-state index contributed by atoms with van der Waals surface area (Å²) in [5.74, 6) is -0.969. The van der Waals surface area contributed by atoms with E-state index < -0.39 is 11.7 Å². The van der Waals surface area contributed by atoms with Crippen molar-refractivity contribution >= 4 is 18.5 Å². The quantitative estimate of drug-likeness (QED) is 0.614. The van der Waals surface area contributed by atoms with Crippen LogP contribution < -0.4 is 5.32 Å². The average molecular weight is 239 g/mol. The van der Waals surface area contributed by atoms with E-state index in [1.807, 2.05) is 6.92 Å². The molecule has 1 unspecified atom stereocenters. The SMILES string of the molecule is C=CCC(C)NC(=O)c1cc(S)ccc1F. The summed E-state index contributed by atoms with van der Waals surface area (Å²) in [5, 5.41) is 2.68. The molecule has 86 valence electrons. The second-order valence-electron chi connectivity index (χ2n) is 3.56. The zero-order chi connectivity index (χ0) is 12.1. The highest BCUT2D eigenvalue weighted by atomic mass is 32.1. The van der Waals surface area contributed by atoms with Gasteiger partial charge in [-0.3, -0.25) is 4.79 Å². The van der Waals surface area contributed by atoms with Crippen molar-refractivity contribution in [1.29, 1.82) is 0 Å². The van der Waals surface area contributed by atoms with Crippen LogP contribution in [0.2, 0.25) is 0 Å². The van der Waals surface area contributed by atoms with Gasteiger partial charge in [-0.25, -0.2) is 4.39 Å².